The van der Waals surface area contributed by atoms with Crippen molar-refractivity contribution in [1.29, 1.82) is 0 Å². The smallest absolute Gasteiger partial charge is 0.313 e. The second-order valence-corrected chi connectivity index (χ2v) is 5.10. The Balaban J connectivity index is 2.98. The van der Waals surface area contributed by atoms with E-state index in [1.54, 1.807) is 20.0 Å². The quantitative estimate of drug-likeness (QED) is 0.742. The molecule has 0 amide bonds. The molecular formula is C13H21N3O3. The van der Waals surface area contributed by atoms with E-state index in [-0.39, 0.29) is 18.1 Å². The molecule has 0 aliphatic rings. The number of aromatic nitrogens is 2. The summed E-state index contributed by atoms with van der Waals surface area (Å²) in [7, 11) is 3.22. The number of anilines is 1. The van der Waals surface area contributed by atoms with Gasteiger partial charge in [-0.25, -0.2) is 4.68 Å². The summed E-state index contributed by atoms with van der Waals surface area (Å²) in [6.45, 7) is 6.41. The Kier molecular flexibility index (Phi) is 4.69. The molecule has 0 spiro atoms. The van der Waals surface area contributed by atoms with Crippen molar-refractivity contribution in [2.45, 2.75) is 27.3 Å². The lowest BCUT2D eigenvalue weighted by Gasteiger charge is -2.22. The van der Waals surface area contributed by atoms with Crippen LogP contribution in [0.3, 0.4) is 0 Å². The van der Waals surface area contributed by atoms with Gasteiger partial charge in [-0.15, -0.1) is 0 Å². The largest absolute Gasteiger partial charge is 0.469 e. The van der Waals surface area contributed by atoms with E-state index in [0.717, 1.165) is 12.2 Å². The zero-order valence-corrected chi connectivity index (χ0v) is 12.1. The summed E-state index contributed by atoms with van der Waals surface area (Å²) in [6.07, 6.45) is 1.62. The summed E-state index contributed by atoms with van der Waals surface area (Å²) in [5, 5.41) is 4.10. The van der Waals surface area contributed by atoms with Crippen molar-refractivity contribution in [1.82, 2.24) is 9.78 Å². The molecule has 1 aromatic heterocycles. The van der Waals surface area contributed by atoms with Gasteiger partial charge in [-0.05, 0) is 20.8 Å². The molecule has 0 atom stereocenters. The molecule has 0 fully saturated rings. The van der Waals surface area contributed by atoms with E-state index >= 15 is 0 Å². The lowest BCUT2D eigenvalue weighted by atomic mass is 9.94. The highest BCUT2D eigenvalue weighted by molar-refractivity contribution is 5.75. The molecule has 106 valence electrons. The number of hydrogen-bond donors (Lipinski definition) is 0. The molecule has 1 heterocycles. The number of carbonyl (C=O) groups excluding carboxylic acids is 1. The van der Waals surface area contributed by atoms with Crippen molar-refractivity contribution >= 4 is 11.7 Å². The third-order valence-electron chi connectivity index (χ3n) is 3.05. The number of hydrogen-bond acceptors (Lipinski definition) is 5. The van der Waals surface area contributed by atoms with Crippen LogP contribution in [0.15, 0.2) is 17.1 Å². The van der Waals surface area contributed by atoms with Crippen LogP contribution < -0.4 is 10.5 Å². The number of nitrogens with zero attached hydrogens (tertiary/aromatic N) is 3. The van der Waals surface area contributed by atoms with Crippen LogP contribution >= 0.6 is 0 Å². The van der Waals surface area contributed by atoms with E-state index < -0.39 is 5.41 Å². The van der Waals surface area contributed by atoms with Gasteiger partial charge in [0.25, 0.3) is 5.56 Å². The summed E-state index contributed by atoms with van der Waals surface area (Å²) < 4.78 is 6.00. The summed E-state index contributed by atoms with van der Waals surface area (Å²) in [5.74, 6) is -0.365. The van der Waals surface area contributed by atoms with Gasteiger partial charge in [-0.2, -0.15) is 5.10 Å². The molecule has 0 saturated carbocycles. The minimum absolute atomic E-state index is 0.189. The first-order valence-electron chi connectivity index (χ1n) is 6.18. The zero-order valence-electron chi connectivity index (χ0n) is 12.1. The highest BCUT2D eigenvalue weighted by Gasteiger charge is 2.30. The zero-order chi connectivity index (χ0) is 14.6. The Morgan fingerprint density at radius 2 is 2.16 bits per heavy atom. The molecule has 0 aliphatic heterocycles. The SMILES string of the molecule is CCN(C)c1cnn(CC(C)(C)C(=O)OC)c(=O)c1. The van der Waals surface area contributed by atoms with Crippen LogP contribution in [0.25, 0.3) is 0 Å². The second-order valence-electron chi connectivity index (χ2n) is 5.10. The average Bonchev–Trinajstić information content (AvgIpc) is 2.38. The van der Waals surface area contributed by atoms with E-state index in [9.17, 15) is 9.59 Å². The normalized spacial score (nSPS) is 11.2. The fourth-order valence-corrected chi connectivity index (χ4v) is 1.65. The van der Waals surface area contributed by atoms with E-state index in [2.05, 4.69) is 5.10 Å². The van der Waals surface area contributed by atoms with Gasteiger partial charge in [-0.3, -0.25) is 9.59 Å². The van der Waals surface area contributed by atoms with Crippen LogP contribution in [-0.2, 0) is 16.1 Å². The van der Waals surface area contributed by atoms with Crippen LogP contribution in [0.4, 0.5) is 5.69 Å². The van der Waals surface area contributed by atoms with Gasteiger partial charge >= 0.3 is 5.97 Å². The Labute approximate surface area is 113 Å². The number of ether oxygens (including phenoxy) is 1. The maximum atomic E-state index is 12.0. The lowest BCUT2D eigenvalue weighted by molar-refractivity contribution is -0.151. The standard InChI is InChI=1S/C13H21N3O3/c1-6-15(4)10-7-11(17)16(14-8-10)9-13(2,3)12(18)19-5/h7-8H,6,9H2,1-5H3. The van der Waals surface area contributed by atoms with Crippen molar-refractivity contribution in [2.24, 2.45) is 5.41 Å². The maximum absolute atomic E-state index is 12.0. The topological polar surface area (TPSA) is 64.4 Å². The predicted octanol–water partition coefficient (Wildman–Crippen LogP) is 0.899. The first kappa shape index (κ1) is 15.2. The molecular weight excluding hydrogens is 246 g/mol. The van der Waals surface area contributed by atoms with Gasteiger partial charge < -0.3 is 9.64 Å². The van der Waals surface area contributed by atoms with Gasteiger partial charge in [0.2, 0.25) is 0 Å². The molecule has 0 aromatic carbocycles. The van der Waals surface area contributed by atoms with Crippen LogP contribution in [-0.4, -0.2) is 36.5 Å². The van der Waals surface area contributed by atoms with E-state index in [1.807, 2.05) is 18.9 Å². The Bertz CT molecular complexity index is 508. The first-order chi connectivity index (χ1) is 8.81. The Morgan fingerprint density at radius 3 is 2.63 bits per heavy atom. The molecule has 6 nitrogen and oxygen atoms in total. The average molecular weight is 267 g/mol. The lowest BCUT2D eigenvalue weighted by Crippen LogP contribution is -2.36. The van der Waals surface area contributed by atoms with E-state index in [0.29, 0.717) is 0 Å². The molecule has 1 aromatic rings. The number of methoxy groups -OCH3 is 1. The van der Waals surface area contributed by atoms with Crippen LogP contribution in [0.2, 0.25) is 0 Å². The van der Waals surface area contributed by atoms with E-state index in [4.69, 9.17) is 4.74 Å². The molecule has 0 bridgehead atoms. The molecule has 1 rings (SSSR count). The van der Waals surface area contributed by atoms with Gasteiger partial charge in [0.1, 0.15) is 0 Å². The monoisotopic (exact) mass is 267 g/mol. The highest BCUT2D eigenvalue weighted by atomic mass is 16.5. The predicted molar refractivity (Wildman–Crippen MR) is 73.2 cm³/mol. The maximum Gasteiger partial charge on any atom is 0.313 e. The first-order valence-corrected chi connectivity index (χ1v) is 6.18. The van der Waals surface area contributed by atoms with Crippen LogP contribution in [0.1, 0.15) is 20.8 Å². The number of rotatable bonds is 5. The molecule has 0 radical (unpaired) electrons. The molecule has 0 aliphatic carbocycles. The minimum Gasteiger partial charge on any atom is -0.469 e. The fourth-order valence-electron chi connectivity index (χ4n) is 1.65. The number of carbonyl (C=O) groups is 1. The minimum atomic E-state index is -0.788. The summed E-state index contributed by atoms with van der Waals surface area (Å²) in [5.41, 5.74) is -0.251. The Morgan fingerprint density at radius 1 is 1.53 bits per heavy atom. The van der Waals surface area contributed by atoms with E-state index in [1.165, 1.54) is 17.9 Å². The molecule has 0 saturated heterocycles. The number of esters is 1. The van der Waals surface area contributed by atoms with Gasteiger partial charge in [-0.1, -0.05) is 0 Å². The summed E-state index contributed by atoms with van der Waals surface area (Å²) >= 11 is 0. The molecule has 0 N–H and O–H groups in total. The van der Waals surface area contributed by atoms with Gasteiger partial charge in [0.15, 0.2) is 0 Å². The fraction of sp³-hybridized carbons (Fsp3) is 0.615. The van der Waals surface area contributed by atoms with Crippen molar-refractivity contribution in [2.75, 3.05) is 25.6 Å². The third-order valence-corrected chi connectivity index (χ3v) is 3.05. The highest BCUT2D eigenvalue weighted by Crippen LogP contribution is 2.18. The summed E-state index contributed by atoms with van der Waals surface area (Å²) in [4.78, 5) is 25.5. The third kappa shape index (κ3) is 3.56. The van der Waals surface area contributed by atoms with Crippen molar-refractivity contribution < 1.29 is 9.53 Å². The van der Waals surface area contributed by atoms with Crippen LogP contribution in [0.5, 0.6) is 0 Å². The molecule has 0 unspecified atom stereocenters. The molecule has 6 heteroatoms. The molecule has 19 heavy (non-hydrogen) atoms. The summed E-state index contributed by atoms with van der Waals surface area (Å²) in [6, 6.07) is 1.52. The van der Waals surface area contributed by atoms with Crippen molar-refractivity contribution in [3.63, 3.8) is 0 Å². The van der Waals surface area contributed by atoms with Crippen LogP contribution in [0, 0.1) is 5.41 Å². The van der Waals surface area contributed by atoms with Crippen molar-refractivity contribution in [3.8, 4) is 0 Å². The van der Waals surface area contributed by atoms with Gasteiger partial charge in [0, 0.05) is 19.7 Å². The Hall–Kier alpha value is -1.85. The van der Waals surface area contributed by atoms with Gasteiger partial charge in [0.05, 0.1) is 31.0 Å². The van der Waals surface area contributed by atoms with Crippen molar-refractivity contribution in [3.05, 3.63) is 22.6 Å². The second kappa shape index (κ2) is 5.86.